The summed E-state index contributed by atoms with van der Waals surface area (Å²) in [5, 5.41) is 2.59. The fourth-order valence-electron chi connectivity index (χ4n) is 2.55. The van der Waals surface area contributed by atoms with Crippen molar-refractivity contribution in [3.63, 3.8) is 0 Å². The number of nitrogens with zero attached hydrogens (tertiary/aromatic N) is 2. The third-order valence-corrected chi connectivity index (χ3v) is 5.35. The fourth-order valence-corrected chi connectivity index (χ4v) is 3.75. The van der Waals surface area contributed by atoms with Crippen LogP contribution in [-0.4, -0.2) is 45.1 Å². The Morgan fingerprint density at radius 2 is 1.88 bits per heavy atom. The molecule has 5 N–H and O–H groups in total. The van der Waals surface area contributed by atoms with E-state index >= 15 is 0 Å². The number of carbonyl (C=O) groups is 1. The van der Waals surface area contributed by atoms with Crippen LogP contribution in [0.1, 0.15) is 18.7 Å². The highest BCUT2D eigenvalue weighted by atomic mass is 32.2. The molecule has 2 rings (SSSR count). The second-order valence-electron chi connectivity index (χ2n) is 6.54. The van der Waals surface area contributed by atoms with Crippen LogP contribution in [0.2, 0.25) is 0 Å². The molecule has 0 atom stereocenters. The van der Waals surface area contributed by atoms with Gasteiger partial charge in [-0.05, 0) is 24.6 Å². The molecule has 0 bridgehead atoms. The lowest BCUT2D eigenvalue weighted by Gasteiger charge is -2.14. The number of aryl methyl sites for hydroxylation is 1. The number of hydrogen-bond acceptors (Lipinski definition) is 6. The quantitative estimate of drug-likeness (QED) is 0.170. The highest BCUT2D eigenvalue weighted by molar-refractivity contribution is 7.91. The van der Waals surface area contributed by atoms with Gasteiger partial charge >= 0.3 is 0 Å². The predicted molar refractivity (Wildman–Crippen MR) is 125 cm³/mol. The molecule has 0 fully saturated rings. The number of aromatic nitrogens is 1. The van der Waals surface area contributed by atoms with Crippen LogP contribution in [0.4, 0.5) is 5.69 Å². The maximum Gasteiger partial charge on any atom is 0.275 e. The number of hydroxylamine groups is 1. The second kappa shape index (κ2) is 12.5. The molecule has 1 aromatic heterocycles. The summed E-state index contributed by atoms with van der Waals surface area (Å²) in [6.45, 7) is 1.66. The lowest BCUT2D eigenvalue weighted by atomic mass is 10.2. The summed E-state index contributed by atoms with van der Waals surface area (Å²) >= 11 is 0. The molecule has 2 aromatic rings. The number of hydrogen-bond donors (Lipinski definition) is 4. The van der Waals surface area contributed by atoms with Crippen molar-refractivity contribution in [3.05, 3.63) is 64.1 Å². The zero-order valence-corrected chi connectivity index (χ0v) is 18.1. The van der Waals surface area contributed by atoms with Gasteiger partial charge in [-0.1, -0.05) is 37.8 Å². The molecule has 0 radical (unpaired) electrons. The van der Waals surface area contributed by atoms with Gasteiger partial charge in [0, 0.05) is 19.3 Å². The van der Waals surface area contributed by atoms with Gasteiger partial charge in [0.2, 0.25) is 21.9 Å². The van der Waals surface area contributed by atoms with Crippen molar-refractivity contribution in [1.82, 2.24) is 15.4 Å². The molecular weight excluding hydrogens is 436 g/mol. The molecular formula is C20H30N6O5S. The Balaban J connectivity index is 0.00000512. The molecule has 176 valence electrons. The average Bonchev–Trinajstić information content (AvgIpc) is 2.73. The van der Waals surface area contributed by atoms with Gasteiger partial charge in [-0.15, -0.1) is 0 Å². The first kappa shape index (κ1) is 26.7. The van der Waals surface area contributed by atoms with Gasteiger partial charge in [-0.2, -0.15) is 0 Å². The number of benzene rings is 1. The Hall–Kier alpha value is -3.38. The minimum Gasteiger partial charge on any atom is -0.368 e. The molecule has 1 amide bonds. The number of aliphatic imine (C=N–C) groups is 1. The van der Waals surface area contributed by atoms with Gasteiger partial charge in [0.1, 0.15) is 12.2 Å². The zero-order valence-electron chi connectivity index (χ0n) is 17.3. The third-order valence-electron chi connectivity index (χ3n) is 4.10. The van der Waals surface area contributed by atoms with Crippen LogP contribution >= 0.6 is 0 Å². The van der Waals surface area contributed by atoms with E-state index in [9.17, 15) is 18.0 Å². The highest BCUT2D eigenvalue weighted by Crippen LogP contribution is 2.10. The van der Waals surface area contributed by atoms with Crippen molar-refractivity contribution in [1.29, 1.82) is 0 Å². The lowest BCUT2D eigenvalue weighted by molar-refractivity contribution is -0.122. The summed E-state index contributed by atoms with van der Waals surface area (Å²) in [4.78, 5) is 33.5. The number of pyridine rings is 1. The summed E-state index contributed by atoms with van der Waals surface area (Å²) in [7, 11) is -2.32. The lowest BCUT2D eigenvalue weighted by Crippen LogP contribution is -2.38. The Bertz CT molecular complexity index is 1080. The van der Waals surface area contributed by atoms with E-state index in [2.05, 4.69) is 20.5 Å². The van der Waals surface area contributed by atoms with Crippen LogP contribution in [0, 0.1) is 6.92 Å². The SMILES string of the molecule is C.CN=C(N)NOCCNC(=O)Cn1c(C)ccc(NS(=O)(=O)Cc2ccccc2)c1=O. The highest BCUT2D eigenvalue weighted by Gasteiger charge is 2.16. The molecule has 0 unspecified atom stereocenters. The first-order valence-electron chi connectivity index (χ1n) is 9.33. The number of guanidine groups is 1. The minimum atomic E-state index is -3.81. The molecule has 0 saturated heterocycles. The van der Waals surface area contributed by atoms with E-state index < -0.39 is 21.5 Å². The van der Waals surface area contributed by atoms with E-state index in [1.165, 1.54) is 17.7 Å². The zero-order chi connectivity index (χ0) is 22.9. The number of sulfonamides is 1. The van der Waals surface area contributed by atoms with Gasteiger partial charge in [0.25, 0.3) is 5.56 Å². The second-order valence-corrected chi connectivity index (χ2v) is 8.26. The van der Waals surface area contributed by atoms with Crippen LogP contribution in [0.25, 0.3) is 0 Å². The number of carbonyl (C=O) groups excluding carboxylic acids is 1. The van der Waals surface area contributed by atoms with Crippen molar-refractivity contribution < 1.29 is 18.0 Å². The standard InChI is InChI=1S/C19H26N6O5S.CH4/c1-14-8-9-16(24-31(28,29)13-15-6-4-3-5-7-15)18(27)25(14)12-17(26)22-10-11-30-23-19(20)21-2;/h3-9,24H,10-13H2,1-2H3,(H,22,26)(H3,20,21,23);1H4. The van der Waals surface area contributed by atoms with Crippen LogP contribution in [0.3, 0.4) is 0 Å². The predicted octanol–water partition coefficient (Wildman–Crippen LogP) is 0.317. The van der Waals surface area contributed by atoms with Crippen LogP contribution in [-0.2, 0) is 32.0 Å². The van der Waals surface area contributed by atoms with E-state index in [1.807, 2.05) is 0 Å². The molecule has 0 aliphatic carbocycles. The van der Waals surface area contributed by atoms with Gasteiger partial charge in [-0.3, -0.25) is 24.1 Å². The summed E-state index contributed by atoms with van der Waals surface area (Å²) in [5.41, 5.74) is 8.12. The molecule has 1 heterocycles. The number of nitrogens with two attached hydrogens (primary N) is 1. The molecule has 0 aliphatic rings. The summed E-state index contributed by atoms with van der Waals surface area (Å²) in [6.07, 6.45) is 0. The summed E-state index contributed by atoms with van der Waals surface area (Å²) in [5.74, 6) is -0.613. The molecule has 12 heteroatoms. The number of amides is 1. The van der Waals surface area contributed by atoms with E-state index in [0.717, 1.165) is 0 Å². The van der Waals surface area contributed by atoms with Crippen LogP contribution in [0.15, 0.2) is 52.3 Å². The minimum absolute atomic E-state index is 0. The van der Waals surface area contributed by atoms with Crippen LogP contribution < -0.4 is 26.8 Å². The Labute approximate surface area is 187 Å². The Kier molecular flexibility index (Phi) is 10.4. The van der Waals surface area contributed by atoms with Crippen molar-refractivity contribution in [2.24, 2.45) is 10.7 Å². The topological polar surface area (TPSA) is 157 Å². The molecule has 32 heavy (non-hydrogen) atoms. The normalized spacial score (nSPS) is 11.4. The van der Waals surface area contributed by atoms with Gasteiger partial charge in [0.15, 0.2) is 0 Å². The Morgan fingerprint density at radius 1 is 1.19 bits per heavy atom. The first-order chi connectivity index (χ1) is 14.7. The summed E-state index contributed by atoms with van der Waals surface area (Å²) < 4.78 is 28.4. The maximum absolute atomic E-state index is 12.7. The number of rotatable bonds is 10. The van der Waals surface area contributed by atoms with Gasteiger partial charge < -0.3 is 15.6 Å². The molecule has 0 saturated carbocycles. The van der Waals surface area contributed by atoms with Gasteiger partial charge in [-0.25, -0.2) is 13.9 Å². The van der Waals surface area contributed by atoms with Crippen molar-refractivity contribution in [2.75, 3.05) is 24.9 Å². The summed E-state index contributed by atoms with van der Waals surface area (Å²) in [6, 6.07) is 11.6. The van der Waals surface area contributed by atoms with E-state index in [4.69, 9.17) is 10.6 Å². The third kappa shape index (κ3) is 8.40. The number of anilines is 1. The number of nitrogens with one attached hydrogen (secondary N) is 3. The largest absolute Gasteiger partial charge is 0.368 e. The maximum atomic E-state index is 12.7. The van der Waals surface area contributed by atoms with E-state index in [1.54, 1.807) is 43.3 Å². The van der Waals surface area contributed by atoms with Crippen LogP contribution in [0.5, 0.6) is 0 Å². The van der Waals surface area contributed by atoms with Crippen molar-refractivity contribution in [3.8, 4) is 0 Å². The van der Waals surface area contributed by atoms with Gasteiger partial charge in [0.05, 0.1) is 12.4 Å². The Morgan fingerprint density at radius 3 is 2.53 bits per heavy atom. The van der Waals surface area contributed by atoms with Crippen molar-refractivity contribution in [2.45, 2.75) is 26.6 Å². The monoisotopic (exact) mass is 466 g/mol. The molecule has 1 aromatic carbocycles. The average molecular weight is 467 g/mol. The molecule has 11 nitrogen and oxygen atoms in total. The molecule has 0 aliphatic heterocycles. The fraction of sp³-hybridized carbons (Fsp3) is 0.350. The van der Waals surface area contributed by atoms with Crippen molar-refractivity contribution >= 4 is 27.6 Å². The first-order valence-corrected chi connectivity index (χ1v) is 11.0. The smallest absolute Gasteiger partial charge is 0.275 e. The van der Waals surface area contributed by atoms with E-state index in [-0.39, 0.29) is 44.5 Å². The molecule has 0 spiro atoms. The van der Waals surface area contributed by atoms with E-state index in [0.29, 0.717) is 11.3 Å².